The summed E-state index contributed by atoms with van der Waals surface area (Å²) in [5.41, 5.74) is 3.95. The number of carbonyl (C=O) groups is 3. The Labute approximate surface area is 169 Å². The molecule has 2 aromatic carbocycles. The fourth-order valence-corrected chi connectivity index (χ4v) is 3.18. The largest absolute Gasteiger partial charge is 0.452 e. The lowest BCUT2D eigenvalue weighted by Gasteiger charge is -2.14. The van der Waals surface area contributed by atoms with E-state index in [0.29, 0.717) is 11.4 Å². The SMILES string of the molecule is C[C@@H](OC(=O)CCNC(=O)Nc1ccccc1)C(=O)Nc1ccc2c(c1)CCC2. The van der Waals surface area contributed by atoms with Crippen LogP contribution in [-0.2, 0) is 27.2 Å². The maximum atomic E-state index is 12.3. The number of para-hydroxylation sites is 1. The molecular weight excluding hydrogens is 370 g/mol. The zero-order chi connectivity index (χ0) is 20.6. The zero-order valence-electron chi connectivity index (χ0n) is 16.4. The van der Waals surface area contributed by atoms with Crippen LogP contribution in [0.25, 0.3) is 0 Å². The molecule has 0 saturated heterocycles. The van der Waals surface area contributed by atoms with Crippen molar-refractivity contribution in [3.63, 3.8) is 0 Å². The van der Waals surface area contributed by atoms with Gasteiger partial charge in [-0.15, -0.1) is 0 Å². The van der Waals surface area contributed by atoms with Gasteiger partial charge in [0.2, 0.25) is 0 Å². The molecule has 1 aliphatic carbocycles. The highest BCUT2D eigenvalue weighted by atomic mass is 16.5. The Morgan fingerprint density at radius 2 is 1.72 bits per heavy atom. The summed E-state index contributed by atoms with van der Waals surface area (Å²) in [5, 5.41) is 8.01. The molecule has 1 atom stereocenters. The van der Waals surface area contributed by atoms with Crippen molar-refractivity contribution < 1.29 is 19.1 Å². The number of anilines is 2. The molecule has 0 unspecified atom stereocenters. The second-order valence-electron chi connectivity index (χ2n) is 6.96. The van der Waals surface area contributed by atoms with Crippen molar-refractivity contribution in [2.75, 3.05) is 17.2 Å². The molecular formula is C22H25N3O4. The van der Waals surface area contributed by atoms with E-state index >= 15 is 0 Å². The average molecular weight is 395 g/mol. The van der Waals surface area contributed by atoms with Crippen LogP contribution in [0.2, 0.25) is 0 Å². The Kier molecular flexibility index (Phi) is 6.84. The number of hydrogen-bond acceptors (Lipinski definition) is 4. The summed E-state index contributed by atoms with van der Waals surface area (Å²) in [6.45, 7) is 1.63. The van der Waals surface area contributed by atoms with E-state index in [9.17, 15) is 14.4 Å². The third-order valence-corrected chi connectivity index (χ3v) is 4.69. The molecule has 2 aromatic rings. The minimum Gasteiger partial charge on any atom is -0.452 e. The minimum atomic E-state index is -0.922. The van der Waals surface area contributed by atoms with Crippen molar-refractivity contribution in [2.45, 2.75) is 38.7 Å². The van der Waals surface area contributed by atoms with Crippen LogP contribution < -0.4 is 16.0 Å². The van der Waals surface area contributed by atoms with Gasteiger partial charge in [0.05, 0.1) is 6.42 Å². The average Bonchev–Trinajstić information content (AvgIpc) is 3.16. The number of aryl methyl sites for hydroxylation is 2. The Hall–Kier alpha value is -3.35. The van der Waals surface area contributed by atoms with Gasteiger partial charge in [0, 0.05) is 17.9 Å². The molecule has 0 heterocycles. The van der Waals surface area contributed by atoms with Crippen LogP contribution >= 0.6 is 0 Å². The highest BCUT2D eigenvalue weighted by Crippen LogP contribution is 2.25. The quantitative estimate of drug-likeness (QED) is 0.627. The molecule has 0 fully saturated rings. The van der Waals surface area contributed by atoms with Crippen LogP contribution in [0.5, 0.6) is 0 Å². The molecule has 3 rings (SSSR count). The van der Waals surface area contributed by atoms with Crippen molar-refractivity contribution in [1.29, 1.82) is 0 Å². The van der Waals surface area contributed by atoms with Gasteiger partial charge in [-0.25, -0.2) is 4.79 Å². The first-order valence-corrected chi connectivity index (χ1v) is 9.73. The molecule has 0 aliphatic heterocycles. The summed E-state index contributed by atoms with van der Waals surface area (Å²) >= 11 is 0. The molecule has 3 N–H and O–H groups in total. The van der Waals surface area contributed by atoms with Gasteiger partial charge in [0.1, 0.15) is 0 Å². The van der Waals surface area contributed by atoms with Gasteiger partial charge in [0.25, 0.3) is 5.91 Å². The van der Waals surface area contributed by atoms with Crippen molar-refractivity contribution >= 4 is 29.3 Å². The summed E-state index contributed by atoms with van der Waals surface area (Å²) < 4.78 is 5.15. The lowest BCUT2D eigenvalue weighted by molar-refractivity contribution is -0.153. The molecule has 0 spiro atoms. The van der Waals surface area contributed by atoms with E-state index in [1.807, 2.05) is 36.4 Å². The highest BCUT2D eigenvalue weighted by Gasteiger charge is 2.19. The van der Waals surface area contributed by atoms with E-state index in [4.69, 9.17) is 4.74 Å². The Morgan fingerprint density at radius 1 is 0.966 bits per heavy atom. The van der Waals surface area contributed by atoms with Gasteiger partial charge in [-0.05, 0) is 61.6 Å². The van der Waals surface area contributed by atoms with Crippen LogP contribution in [0.15, 0.2) is 48.5 Å². The number of hydrogen-bond donors (Lipinski definition) is 3. The van der Waals surface area contributed by atoms with Crippen LogP contribution in [-0.4, -0.2) is 30.6 Å². The summed E-state index contributed by atoms with van der Waals surface area (Å²) in [5.74, 6) is -0.937. The zero-order valence-corrected chi connectivity index (χ0v) is 16.4. The van der Waals surface area contributed by atoms with E-state index in [0.717, 1.165) is 19.3 Å². The Balaban J connectivity index is 1.37. The number of benzene rings is 2. The first-order valence-electron chi connectivity index (χ1n) is 9.73. The standard InChI is InChI=1S/C22H25N3O4/c1-15(21(27)24-19-11-10-16-6-5-7-17(16)14-19)29-20(26)12-13-23-22(28)25-18-8-3-2-4-9-18/h2-4,8-11,14-15H,5-7,12-13H2,1H3,(H,24,27)(H2,23,25,28)/t15-/m1/s1. The van der Waals surface area contributed by atoms with Crippen molar-refractivity contribution in [2.24, 2.45) is 0 Å². The number of amides is 3. The van der Waals surface area contributed by atoms with Gasteiger partial charge >= 0.3 is 12.0 Å². The second kappa shape index (κ2) is 9.73. The van der Waals surface area contributed by atoms with E-state index < -0.39 is 18.1 Å². The fourth-order valence-electron chi connectivity index (χ4n) is 3.18. The van der Waals surface area contributed by atoms with Crippen molar-refractivity contribution in [3.8, 4) is 0 Å². The van der Waals surface area contributed by atoms with E-state index in [1.54, 1.807) is 12.1 Å². The smallest absolute Gasteiger partial charge is 0.319 e. The Morgan fingerprint density at radius 3 is 2.52 bits per heavy atom. The third-order valence-electron chi connectivity index (χ3n) is 4.69. The minimum absolute atomic E-state index is 0.0291. The molecule has 0 bridgehead atoms. The van der Waals surface area contributed by atoms with Crippen LogP contribution in [0.4, 0.5) is 16.2 Å². The van der Waals surface area contributed by atoms with Gasteiger partial charge < -0.3 is 20.7 Å². The van der Waals surface area contributed by atoms with Gasteiger partial charge in [-0.2, -0.15) is 0 Å². The molecule has 0 aromatic heterocycles. The molecule has 29 heavy (non-hydrogen) atoms. The summed E-state index contributed by atoms with van der Waals surface area (Å²) in [6.07, 6.45) is 2.29. The number of fused-ring (bicyclic) bond motifs is 1. The molecule has 7 heteroatoms. The third kappa shape index (κ3) is 6.07. The predicted octanol–water partition coefficient (Wildman–Crippen LogP) is 3.26. The maximum Gasteiger partial charge on any atom is 0.319 e. The van der Waals surface area contributed by atoms with Crippen molar-refractivity contribution in [3.05, 3.63) is 59.7 Å². The normalized spacial score (nSPS) is 13.1. The topological polar surface area (TPSA) is 96.5 Å². The van der Waals surface area contributed by atoms with Gasteiger partial charge in [0.15, 0.2) is 6.10 Å². The molecule has 1 aliphatic rings. The summed E-state index contributed by atoms with van der Waals surface area (Å²) in [7, 11) is 0. The van der Waals surface area contributed by atoms with Crippen LogP contribution in [0.1, 0.15) is 30.9 Å². The molecule has 152 valence electrons. The van der Waals surface area contributed by atoms with Gasteiger partial charge in [-0.3, -0.25) is 9.59 Å². The van der Waals surface area contributed by atoms with E-state index in [2.05, 4.69) is 16.0 Å². The molecule has 0 radical (unpaired) electrons. The van der Waals surface area contributed by atoms with Crippen LogP contribution in [0.3, 0.4) is 0 Å². The molecule has 3 amide bonds. The molecule has 0 saturated carbocycles. The number of ether oxygens (including phenoxy) is 1. The van der Waals surface area contributed by atoms with Crippen LogP contribution in [0, 0.1) is 0 Å². The first kappa shape index (κ1) is 20.4. The number of esters is 1. The monoisotopic (exact) mass is 395 g/mol. The predicted molar refractivity (Wildman–Crippen MR) is 111 cm³/mol. The van der Waals surface area contributed by atoms with Crippen molar-refractivity contribution in [1.82, 2.24) is 5.32 Å². The Bertz CT molecular complexity index is 883. The lowest BCUT2D eigenvalue weighted by atomic mass is 10.1. The summed E-state index contributed by atoms with van der Waals surface area (Å²) in [6, 6.07) is 14.4. The number of carbonyl (C=O) groups excluding carboxylic acids is 3. The summed E-state index contributed by atoms with van der Waals surface area (Å²) in [4.78, 5) is 36.0. The second-order valence-corrected chi connectivity index (χ2v) is 6.96. The number of urea groups is 1. The number of nitrogens with one attached hydrogen (secondary N) is 3. The van der Waals surface area contributed by atoms with Gasteiger partial charge in [-0.1, -0.05) is 24.3 Å². The molecule has 7 nitrogen and oxygen atoms in total. The van der Waals surface area contributed by atoms with E-state index in [-0.39, 0.29) is 18.9 Å². The maximum absolute atomic E-state index is 12.3. The highest BCUT2D eigenvalue weighted by molar-refractivity contribution is 5.95. The lowest BCUT2D eigenvalue weighted by Crippen LogP contribution is -2.33. The fraction of sp³-hybridized carbons (Fsp3) is 0.318. The first-order chi connectivity index (χ1) is 14.0. The van der Waals surface area contributed by atoms with E-state index in [1.165, 1.54) is 18.1 Å². The number of rotatable bonds is 7.